The van der Waals surface area contributed by atoms with Gasteiger partial charge in [0.1, 0.15) is 5.82 Å². The zero-order valence-corrected chi connectivity index (χ0v) is 20.1. The highest BCUT2D eigenvalue weighted by Crippen LogP contribution is 2.19. The van der Waals surface area contributed by atoms with Crippen LogP contribution in [0.1, 0.15) is 41.4 Å². The Bertz CT molecular complexity index is 1400. The van der Waals surface area contributed by atoms with E-state index in [0.717, 1.165) is 14.8 Å². The summed E-state index contributed by atoms with van der Waals surface area (Å²) in [6.45, 7) is 4.02. The molecule has 0 spiro atoms. The van der Waals surface area contributed by atoms with Crippen LogP contribution in [0.2, 0.25) is 0 Å². The second kappa shape index (κ2) is 10.7. The Kier molecular flexibility index (Phi) is 7.42. The average Bonchev–Trinajstić information content (AvgIpc) is 2.87. The monoisotopic (exact) mass is 494 g/mol. The van der Waals surface area contributed by atoms with Gasteiger partial charge in [-0.1, -0.05) is 29.8 Å². The number of piperidine rings is 1. The van der Waals surface area contributed by atoms with E-state index >= 15 is 0 Å². The number of ether oxygens (including phenoxy) is 1. The standard InChI is InChI=1S/C26H27FN4O5/c1-3-36-25(34)19-7-5-13-29(16-19)23(32)22-24(33)30(15-18-6-4-8-20(27)14-18)26(35)31(28-22)21-11-9-17(2)10-12-21/h4,6,8-12,14,19H,3,5,7,13,15-16H2,1-2H3/t19-/m1/s1. The summed E-state index contributed by atoms with van der Waals surface area (Å²) < 4.78 is 20.8. The van der Waals surface area contributed by atoms with E-state index in [9.17, 15) is 23.6 Å². The number of carbonyl (C=O) groups excluding carboxylic acids is 2. The van der Waals surface area contributed by atoms with Crippen molar-refractivity contribution < 1.29 is 18.7 Å². The van der Waals surface area contributed by atoms with Crippen molar-refractivity contribution in [1.29, 1.82) is 0 Å². The van der Waals surface area contributed by atoms with Gasteiger partial charge in [0.15, 0.2) is 0 Å². The van der Waals surface area contributed by atoms with Crippen LogP contribution < -0.4 is 11.2 Å². The van der Waals surface area contributed by atoms with Gasteiger partial charge in [0.2, 0.25) is 5.69 Å². The number of likely N-dealkylation sites (tertiary alicyclic amines) is 1. The Balaban J connectivity index is 1.78. The normalized spacial score (nSPS) is 15.5. The number of hydrogen-bond donors (Lipinski definition) is 0. The summed E-state index contributed by atoms with van der Waals surface area (Å²) in [6, 6.07) is 12.4. The maximum absolute atomic E-state index is 13.8. The number of amides is 1. The summed E-state index contributed by atoms with van der Waals surface area (Å²) in [5.74, 6) is -2.08. The van der Waals surface area contributed by atoms with E-state index in [1.165, 1.54) is 23.1 Å². The van der Waals surface area contributed by atoms with E-state index < -0.39 is 40.6 Å². The van der Waals surface area contributed by atoms with E-state index in [1.54, 1.807) is 37.3 Å². The highest BCUT2D eigenvalue weighted by molar-refractivity contribution is 5.92. The van der Waals surface area contributed by atoms with Crippen LogP contribution in [0.25, 0.3) is 5.69 Å². The molecule has 0 aliphatic carbocycles. The van der Waals surface area contributed by atoms with Crippen LogP contribution >= 0.6 is 0 Å². The predicted octanol–water partition coefficient (Wildman–Crippen LogP) is 2.31. The molecule has 3 aromatic rings. The van der Waals surface area contributed by atoms with E-state index in [2.05, 4.69) is 5.10 Å². The summed E-state index contributed by atoms with van der Waals surface area (Å²) in [7, 11) is 0. The molecule has 0 radical (unpaired) electrons. The summed E-state index contributed by atoms with van der Waals surface area (Å²) in [5.41, 5.74) is -0.375. The zero-order chi connectivity index (χ0) is 25.8. The quantitative estimate of drug-likeness (QED) is 0.487. The van der Waals surface area contributed by atoms with Crippen molar-refractivity contribution >= 4 is 11.9 Å². The molecule has 4 rings (SSSR count). The Morgan fingerprint density at radius 1 is 1.14 bits per heavy atom. The smallest absolute Gasteiger partial charge is 0.352 e. The lowest BCUT2D eigenvalue weighted by Crippen LogP contribution is -2.49. The molecule has 188 valence electrons. The van der Waals surface area contributed by atoms with Crippen molar-refractivity contribution in [2.45, 2.75) is 33.2 Å². The lowest BCUT2D eigenvalue weighted by Gasteiger charge is -2.31. The first-order chi connectivity index (χ1) is 17.3. The van der Waals surface area contributed by atoms with E-state index in [1.807, 2.05) is 6.92 Å². The first kappa shape index (κ1) is 25.0. The molecule has 1 atom stereocenters. The Hall–Kier alpha value is -4.08. The van der Waals surface area contributed by atoms with Gasteiger partial charge in [-0.15, -0.1) is 0 Å². The van der Waals surface area contributed by atoms with Crippen molar-refractivity contribution in [2.24, 2.45) is 5.92 Å². The van der Waals surface area contributed by atoms with Gasteiger partial charge in [-0.25, -0.2) is 9.18 Å². The number of nitrogens with zero attached hydrogens (tertiary/aromatic N) is 4. The molecule has 0 unspecified atom stereocenters. The molecule has 0 N–H and O–H groups in total. The van der Waals surface area contributed by atoms with Crippen LogP contribution in [0.15, 0.2) is 58.1 Å². The van der Waals surface area contributed by atoms with Gasteiger partial charge in [0, 0.05) is 13.1 Å². The fourth-order valence-corrected chi connectivity index (χ4v) is 4.22. The van der Waals surface area contributed by atoms with Crippen LogP contribution in [0.3, 0.4) is 0 Å². The van der Waals surface area contributed by atoms with Crippen LogP contribution in [0.4, 0.5) is 4.39 Å². The number of hydrogen-bond acceptors (Lipinski definition) is 6. The highest BCUT2D eigenvalue weighted by Gasteiger charge is 2.32. The molecule has 1 fully saturated rings. The molecule has 9 nitrogen and oxygen atoms in total. The van der Waals surface area contributed by atoms with Crippen molar-refractivity contribution in [3.63, 3.8) is 0 Å². The second-order valence-corrected chi connectivity index (χ2v) is 8.74. The second-order valence-electron chi connectivity index (χ2n) is 8.74. The molecular formula is C26H27FN4O5. The number of benzene rings is 2. The third-order valence-corrected chi connectivity index (χ3v) is 6.10. The summed E-state index contributed by atoms with van der Waals surface area (Å²) in [6.07, 6.45) is 1.13. The molecule has 0 saturated carbocycles. The number of halogens is 1. The maximum Gasteiger partial charge on any atom is 0.352 e. The van der Waals surface area contributed by atoms with Crippen molar-refractivity contribution in [1.82, 2.24) is 19.2 Å². The molecule has 36 heavy (non-hydrogen) atoms. The van der Waals surface area contributed by atoms with Gasteiger partial charge in [0.05, 0.1) is 24.8 Å². The Labute approximate surface area is 206 Å². The van der Waals surface area contributed by atoms with Gasteiger partial charge < -0.3 is 9.64 Å². The van der Waals surface area contributed by atoms with Gasteiger partial charge in [-0.3, -0.25) is 19.0 Å². The molecule has 1 aliphatic rings. The van der Waals surface area contributed by atoms with Gasteiger partial charge >= 0.3 is 11.7 Å². The summed E-state index contributed by atoms with van der Waals surface area (Å²) >= 11 is 0. The molecule has 1 aromatic heterocycles. The van der Waals surface area contributed by atoms with E-state index in [0.29, 0.717) is 30.6 Å². The number of esters is 1. The third kappa shape index (κ3) is 5.27. The minimum atomic E-state index is -0.879. The average molecular weight is 495 g/mol. The molecule has 1 saturated heterocycles. The first-order valence-electron chi connectivity index (χ1n) is 11.8. The first-order valence-corrected chi connectivity index (χ1v) is 11.8. The molecule has 0 bridgehead atoms. The van der Waals surface area contributed by atoms with Gasteiger partial charge in [0.25, 0.3) is 11.5 Å². The van der Waals surface area contributed by atoms with Crippen LogP contribution in [0.5, 0.6) is 0 Å². The number of carbonyl (C=O) groups is 2. The summed E-state index contributed by atoms with van der Waals surface area (Å²) in [4.78, 5) is 53.8. The Morgan fingerprint density at radius 2 is 1.89 bits per heavy atom. The summed E-state index contributed by atoms with van der Waals surface area (Å²) in [5, 5.41) is 4.16. The fraction of sp³-hybridized carbons (Fsp3) is 0.346. The Morgan fingerprint density at radius 3 is 2.58 bits per heavy atom. The minimum Gasteiger partial charge on any atom is -0.466 e. The molecule has 10 heteroatoms. The largest absolute Gasteiger partial charge is 0.466 e. The van der Waals surface area contributed by atoms with E-state index in [-0.39, 0.29) is 19.7 Å². The lowest BCUT2D eigenvalue weighted by atomic mass is 9.98. The van der Waals surface area contributed by atoms with Gasteiger partial charge in [-0.2, -0.15) is 9.78 Å². The molecule has 2 aromatic carbocycles. The van der Waals surface area contributed by atoms with Crippen LogP contribution in [-0.4, -0.2) is 50.8 Å². The number of aromatic nitrogens is 3. The number of aryl methyl sites for hydroxylation is 1. The third-order valence-electron chi connectivity index (χ3n) is 6.10. The maximum atomic E-state index is 13.8. The molecule has 2 heterocycles. The van der Waals surface area contributed by atoms with Gasteiger partial charge in [-0.05, 0) is 56.5 Å². The number of rotatable bonds is 6. The zero-order valence-electron chi connectivity index (χ0n) is 20.1. The van der Waals surface area contributed by atoms with Crippen LogP contribution in [-0.2, 0) is 16.1 Å². The fourth-order valence-electron chi connectivity index (χ4n) is 4.22. The SMILES string of the molecule is CCOC(=O)[C@@H]1CCCN(C(=O)c2nn(-c3ccc(C)cc3)c(=O)n(Cc3cccc(F)c3)c2=O)C1. The molecule has 1 aliphatic heterocycles. The van der Waals surface area contributed by atoms with E-state index in [4.69, 9.17) is 4.74 Å². The minimum absolute atomic E-state index is 0.0896. The molecular weight excluding hydrogens is 467 g/mol. The topological polar surface area (TPSA) is 104 Å². The van der Waals surface area contributed by atoms with Crippen molar-refractivity contribution in [3.8, 4) is 5.69 Å². The van der Waals surface area contributed by atoms with Crippen LogP contribution in [0, 0.1) is 18.7 Å². The lowest BCUT2D eigenvalue weighted by molar-refractivity contribution is -0.149. The predicted molar refractivity (Wildman–Crippen MR) is 130 cm³/mol. The van der Waals surface area contributed by atoms with Crippen molar-refractivity contribution in [3.05, 3.63) is 92.0 Å². The van der Waals surface area contributed by atoms with Crippen molar-refractivity contribution in [2.75, 3.05) is 19.7 Å². The molecule has 1 amide bonds. The highest BCUT2D eigenvalue weighted by atomic mass is 19.1.